The van der Waals surface area contributed by atoms with Crippen LogP contribution in [0.3, 0.4) is 0 Å². The van der Waals surface area contributed by atoms with Gasteiger partial charge in [-0.15, -0.1) is 0 Å². The highest BCUT2D eigenvalue weighted by Gasteiger charge is 2.40. The van der Waals surface area contributed by atoms with Crippen LogP contribution in [0.15, 0.2) is 0 Å². The van der Waals surface area contributed by atoms with Gasteiger partial charge in [0.1, 0.15) is 0 Å². The first-order chi connectivity index (χ1) is 10.4. The lowest BCUT2D eigenvalue weighted by Gasteiger charge is -2.40. The van der Waals surface area contributed by atoms with Crippen LogP contribution in [0.5, 0.6) is 0 Å². The van der Waals surface area contributed by atoms with Gasteiger partial charge in [0.05, 0.1) is 16.9 Å². The van der Waals surface area contributed by atoms with Gasteiger partial charge >= 0.3 is 5.97 Å². The summed E-state index contributed by atoms with van der Waals surface area (Å²) >= 11 is 0. The summed E-state index contributed by atoms with van der Waals surface area (Å²) in [6.07, 6.45) is 1.08. The second kappa shape index (κ2) is 7.20. The number of amides is 1. The van der Waals surface area contributed by atoms with Gasteiger partial charge in [-0.2, -0.15) is 0 Å². The maximum absolute atomic E-state index is 12.6. The quantitative estimate of drug-likeness (QED) is 0.793. The van der Waals surface area contributed by atoms with Crippen molar-refractivity contribution >= 4 is 21.7 Å². The molecule has 0 aromatic rings. The number of likely N-dealkylation sites (tertiary alicyclic amines) is 1. The number of aliphatic carboxylic acids is 1. The third kappa shape index (κ3) is 4.93. The first kappa shape index (κ1) is 19.9. The molecule has 1 aliphatic heterocycles. The van der Waals surface area contributed by atoms with E-state index in [-0.39, 0.29) is 24.0 Å². The fourth-order valence-electron chi connectivity index (χ4n) is 2.82. The lowest BCUT2D eigenvalue weighted by molar-refractivity contribution is -0.148. The molecule has 2 atom stereocenters. The first-order valence-corrected chi connectivity index (χ1v) is 9.76. The molecule has 7 heteroatoms. The van der Waals surface area contributed by atoms with Crippen LogP contribution < -0.4 is 0 Å². The van der Waals surface area contributed by atoms with E-state index >= 15 is 0 Å². The molecule has 1 fully saturated rings. The number of hydrogen-bond donors (Lipinski definition) is 1. The van der Waals surface area contributed by atoms with Crippen molar-refractivity contribution in [1.82, 2.24) is 4.90 Å². The van der Waals surface area contributed by atoms with Crippen molar-refractivity contribution in [3.05, 3.63) is 0 Å². The fourth-order valence-corrected chi connectivity index (χ4v) is 4.34. The zero-order valence-electron chi connectivity index (χ0n) is 14.7. The molecular weight excluding hydrogens is 318 g/mol. The molecule has 1 heterocycles. The Morgan fingerprint density at radius 1 is 1.35 bits per heavy atom. The predicted molar refractivity (Wildman–Crippen MR) is 88.9 cm³/mol. The molecule has 2 unspecified atom stereocenters. The molecule has 1 amide bonds. The average molecular weight is 347 g/mol. The summed E-state index contributed by atoms with van der Waals surface area (Å²) in [5.41, 5.74) is 0. The standard InChI is InChI=1S/C16H29NO5S/c1-11(2)13(10-23(21,22)16(3,4)5)17-8-6-7-12(15(17)20)9-14(18)19/h11-13H,6-10H2,1-5H3,(H,18,19). The topological polar surface area (TPSA) is 91.8 Å². The number of carboxylic acid groups (broad SMARTS) is 1. The van der Waals surface area contributed by atoms with Gasteiger partial charge in [0.25, 0.3) is 0 Å². The van der Waals surface area contributed by atoms with Crippen molar-refractivity contribution in [2.24, 2.45) is 11.8 Å². The van der Waals surface area contributed by atoms with Gasteiger partial charge in [0, 0.05) is 18.5 Å². The minimum atomic E-state index is -3.37. The van der Waals surface area contributed by atoms with E-state index < -0.39 is 32.5 Å². The second-order valence-electron chi connectivity index (χ2n) is 7.67. The van der Waals surface area contributed by atoms with Crippen molar-refractivity contribution in [2.75, 3.05) is 12.3 Å². The Hall–Kier alpha value is -1.11. The molecule has 23 heavy (non-hydrogen) atoms. The second-order valence-corrected chi connectivity index (χ2v) is 10.5. The molecule has 1 N–H and O–H groups in total. The van der Waals surface area contributed by atoms with E-state index in [4.69, 9.17) is 5.11 Å². The van der Waals surface area contributed by atoms with Crippen LogP contribution in [0.4, 0.5) is 0 Å². The number of carbonyl (C=O) groups excluding carboxylic acids is 1. The van der Waals surface area contributed by atoms with Gasteiger partial charge in [0.2, 0.25) is 5.91 Å². The van der Waals surface area contributed by atoms with Gasteiger partial charge in [-0.1, -0.05) is 13.8 Å². The largest absolute Gasteiger partial charge is 0.481 e. The van der Waals surface area contributed by atoms with Crippen LogP contribution in [0.1, 0.15) is 53.9 Å². The normalized spacial score (nSPS) is 21.6. The van der Waals surface area contributed by atoms with E-state index in [0.29, 0.717) is 19.4 Å². The van der Waals surface area contributed by atoms with Crippen LogP contribution in [-0.4, -0.2) is 53.4 Å². The highest BCUT2D eigenvalue weighted by Crippen LogP contribution is 2.28. The van der Waals surface area contributed by atoms with E-state index in [0.717, 1.165) is 0 Å². The molecule has 0 aromatic heterocycles. The molecule has 1 aliphatic rings. The highest BCUT2D eigenvalue weighted by atomic mass is 32.2. The molecule has 0 radical (unpaired) electrons. The van der Waals surface area contributed by atoms with Crippen LogP contribution in [0, 0.1) is 11.8 Å². The third-order valence-corrected chi connectivity index (χ3v) is 7.14. The van der Waals surface area contributed by atoms with Gasteiger partial charge in [-0.3, -0.25) is 9.59 Å². The number of sulfone groups is 1. The number of piperidine rings is 1. The van der Waals surface area contributed by atoms with Crippen LogP contribution >= 0.6 is 0 Å². The lowest BCUT2D eigenvalue weighted by atomic mass is 9.91. The molecule has 1 rings (SSSR count). The Morgan fingerprint density at radius 3 is 2.35 bits per heavy atom. The predicted octanol–water partition coefficient (Wildman–Crippen LogP) is 1.94. The van der Waals surface area contributed by atoms with E-state index in [9.17, 15) is 18.0 Å². The van der Waals surface area contributed by atoms with Crippen LogP contribution in [-0.2, 0) is 19.4 Å². The maximum atomic E-state index is 12.6. The molecule has 0 saturated carbocycles. The molecule has 6 nitrogen and oxygen atoms in total. The monoisotopic (exact) mass is 347 g/mol. The number of carbonyl (C=O) groups is 2. The number of carboxylic acids is 1. The highest BCUT2D eigenvalue weighted by molar-refractivity contribution is 7.92. The molecular formula is C16H29NO5S. The van der Waals surface area contributed by atoms with E-state index in [1.807, 2.05) is 13.8 Å². The summed E-state index contributed by atoms with van der Waals surface area (Å²) < 4.78 is 24.2. The summed E-state index contributed by atoms with van der Waals surface area (Å²) in [7, 11) is -3.37. The molecule has 0 bridgehead atoms. The van der Waals surface area contributed by atoms with Crippen molar-refractivity contribution in [2.45, 2.75) is 64.7 Å². The number of hydrogen-bond acceptors (Lipinski definition) is 4. The summed E-state index contributed by atoms with van der Waals surface area (Å²) in [6, 6.07) is -0.414. The maximum Gasteiger partial charge on any atom is 0.304 e. The van der Waals surface area contributed by atoms with Crippen molar-refractivity contribution < 1.29 is 23.1 Å². The van der Waals surface area contributed by atoms with Gasteiger partial charge in [-0.25, -0.2) is 8.42 Å². The summed E-state index contributed by atoms with van der Waals surface area (Å²) in [4.78, 5) is 25.1. The van der Waals surface area contributed by atoms with Crippen LogP contribution in [0.25, 0.3) is 0 Å². The molecule has 1 saturated heterocycles. The van der Waals surface area contributed by atoms with E-state index in [1.54, 1.807) is 25.7 Å². The minimum Gasteiger partial charge on any atom is -0.481 e. The Balaban J connectivity index is 3.01. The Labute approximate surface area is 139 Å². The fraction of sp³-hybridized carbons (Fsp3) is 0.875. The summed E-state index contributed by atoms with van der Waals surface area (Å²) in [5, 5.41) is 8.94. The number of rotatable bonds is 6. The van der Waals surface area contributed by atoms with Gasteiger partial charge < -0.3 is 10.0 Å². The Bertz CT molecular complexity index is 547. The van der Waals surface area contributed by atoms with Crippen molar-refractivity contribution in [3.63, 3.8) is 0 Å². The zero-order valence-corrected chi connectivity index (χ0v) is 15.5. The SMILES string of the molecule is CC(C)C(CS(=O)(=O)C(C)(C)C)N1CCCC(CC(=O)O)C1=O. The molecule has 0 aromatic carbocycles. The molecule has 0 aliphatic carbocycles. The van der Waals surface area contributed by atoms with Crippen LogP contribution in [0.2, 0.25) is 0 Å². The first-order valence-electron chi connectivity index (χ1n) is 8.11. The minimum absolute atomic E-state index is 0.0142. The van der Waals surface area contributed by atoms with E-state index in [1.165, 1.54) is 0 Å². The average Bonchev–Trinajstić information content (AvgIpc) is 2.37. The van der Waals surface area contributed by atoms with Gasteiger partial charge in [-0.05, 0) is 39.5 Å². The summed E-state index contributed by atoms with van der Waals surface area (Å²) in [5.74, 6) is -1.85. The smallest absolute Gasteiger partial charge is 0.304 e. The summed E-state index contributed by atoms with van der Waals surface area (Å²) in [6.45, 7) is 9.27. The Kier molecular flexibility index (Phi) is 6.24. The van der Waals surface area contributed by atoms with Crippen molar-refractivity contribution in [1.29, 1.82) is 0 Å². The molecule has 0 spiro atoms. The zero-order chi connectivity index (χ0) is 18.0. The number of nitrogens with zero attached hydrogens (tertiary/aromatic N) is 1. The van der Waals surface area contributed by atoms with E-state index in [2.05, 4.69) is 0 Å². The Morgan fingerprint density at radius 2 is 1.91 bits per heavy atom. The van der Waals surface area contributed by atoms with Crippen molar-refractivity contribution in [3.8, 4) is 0 Å². The van der Waals surface area contributed by atoms with Gasteiger partial charge in [0.15, 0.2) is 9.84 Å². The molecule has 134 valence electrons. The third-order valence-electron chi connectivity index (χ3n) is 4.50. The lowest BCUT2D eigenvalue weighted by Crippen LogP contribution is -2.53.